The lowest BCUT2D eigenvalue weighted by Gasteiger charge is -2.51. The Morgan fingerprint density at radius 1 is 1.00 bits per heavy atom. The summed E-state index contributed by atoms with van der Waals surface area (Å²) in [7, 11) is 0. The summed E-state index contributed by atoms with van der Waals surface area (Å²) in [4.78, 5) is 18.4. The minimum absolute atomic E-state index is 0.0457. The SMILES string of the molecule is O=C(N1CCCC(CO)(CC2CC2)C1)C1(N2CCOCC2)CCCCC1. The van der Waals surface area contributed by atoms with Crippen molar-refractivity contribution in [1.82, 2.24) is 9.80 Å². The number of rotatable bonds is 5. The van der Waals surface area contributed by atoms with Crippen molar-refractivity contribution in [1.29, 1.82) is 0 Å². The Morgan fingerprint density at radius 2 is 1.73 bits per heavy atom. The van der Waals surface area contributed by atoms with Crippen LogP contribution in [-0.4, -0.2) is 72.4 Å². The van der Waals surface area contributed by atoms with Crippen LogP contribution in [0.1, 0.15) is 64.2 Å². The fraction of sp³-hybridized carbons (Fsp3) is 0.952. The Hall–Kier alpha value is -0.650. The monoisotopic (exact) mass is 364 g/mol. The van der Waals surface area contributed by atoms with Crippen molar-refractivity contribution in [3.05, 3.63) is 0 Å². The predicted molar refractivity (Wildman–Crippen MR) is 101 cm³/mol. The Bertz CT molecular complexity index is 495. The Kier molecular flexibility index (Phi) is 5.58. The molecule has 0 aromatic heterocycles. The van der Waals surface area contributed by atoms with Gasteiger partial charge in [-0.1, -0.05) is 32.1 Å². The molecule has 148 valence electrons. The van der Waals surface area contributed by atoms with Crippen LogP contribution < -0.4 is 0 Å². The number of aliphatic hydroxyl groups is 1. The molecule has 0 aromatic carbocycles. The van der Waals surface area contributed by atoms with Crippen LogP contribution in [0.2, 0.25) is 0 Å². The fourth-order valence-corrected chi connectivity index (χ4v) is 5.76. The van der Waals surface area contributed by atoms with Crippen molar-refractivity contribution in [2.45, 2.75) is 69.7 Å². The molecule has 5 heteroatoms. The molecule has 1 atom stereocenters. The first-order chi connectivity index (χ1) is 12.7. The molecule has 0 bridgehead atoms. The molecule has 0 radical (unpaired) electrons. The van der Waals surface area contributed by atoms with Crippen LogP contribution in [-0.2, 0) is 9.53 Å². The standard InChI is InChI=1S/C21H36N2O3/c24-17-20(15-18-5-6-18)7-4-10-22(16-20)19(25)21(8-2-1-3-9-21)23-11-13-26-14-12-23/h18,24H,1-17H2. The molecule has 2 aliphatic carbocycles. The minimum Gasteiger partial charge on any atom is -0.396 e. The molecule has 1 amide bonds. The molecule has 4 aliphatic rings. The van der Waals surface area contributed by atoms with E-state index in [1.807, 2.05) is 0 Å². The number of hydrogen-bond acceptors (Lipinski definition) is 4. The summed E-state index contributed by atoms with van der Waals surface area (Å²) in [6.07, 6.45) is 11.4. The van der Waals surface area contributed by atoms with Crippen LogP contribution in [0.3, 0.4) is 0 Å². The molecule has 2 saturated heterocycles. The lowest BCUT2D eigenvalue weighted by atomic mass is 9.74. The third kappa shape index (κ3) is 3.67. The molecule has 26 heavy (non-hydrogen) atoms. The Labute approximate surface area is 158 Å². The second kappa shape index (κ2) is 7.76. The fourth-order valence-electron chi connectivity index (χ4n) is 5.76. The second-order valence-corrected chi connectivity index (χ2v) is 9.33. The van der Waals surface area contributed by atoms with Crippen LogP contribution in [0.4, 0.5) is 0 Å². The summed E-state index contributed by atoms with van der Waals surface area (Å²) >= 11 is 0. The topological polar surface area (TPSA) is 53.0 Å². The Morgan fingerprint density at radius 3 is 2.38 bits per heavy atom. The van der Waals surface area contributed by atoms with Crippen molar-refractivity contribution >= 4 is 5.91 Å². The lowest BCUT2D eigenvalue weighted by molar-refractivity contribution is -0.155. The lowest BCUT2D eigenvalue weighted by Crippen LogP contribution is -2.64. The summed E-state index contributed by atoms with van der Waals surface area (Å²) in [5, 5.41) is 10.2. The van der Waals surface area contributed by atoms with Gasteiger partial charge in [-0.25, -0.2) is 0 Å². The number of amides is 1. The highest BCUT2D eigenvalue weighted by atomic mass is 16.5. The summed E-state index contributed by atoms with van der Waals surface area (Å²) in [5.41, 5.74) is -0.351. The van der Waals surface area contributed by atoms with E-state index < -0.39 is 0 Å². The van der Waals surface area contributed by atoms with Crippen LogP contribution >= 0.6 is 0 Å². The molecule has 0 aromatic rings. The molecule has 1 N–H and O–H groups in total. The molecule has 2 saturated carbocycles. The number of morpholine rings is 1. The summed E-state index contributed by atoms with van der Waals surface area (Å²) < 4.78 is 5.56. The van der Waals surface area contributed by atoms with Gasteiger partial charge in [0.15, 0.2) is 0 Å². The molecule has 1 unspecified atom stereocenters. The zero-order chi connectivity index (χ0) is 18.0. The highest BCUT2D eigenvalue weighted by molar-refractivity contribution is 5.86. The summed E-state index contributed by atoms with van der Waals surface area (Å²) in [5.74, 6) is 1.15. The number of carbonyl (C=O) groups is 1. The largest absolute Gasteiger partial charge is 0.396 e. The van der Waals surface area contributed by atoms with Gasteiger partial charge in [-0.2, -0.15) is 0 Å². The normalized spacial score (nSPS) is 33.2. The van der Waals surface area contributed by atoms with Crippen LogP contribution in [0, 0.1) is 11.3 Å². The van der Waals surface area contributed by atoms with Gasteiger partial charge in [0, 0.05) is 31.6 Å². The van der Waals surface area contributed by atoms with Crippen molar-refractivity contribution in [3.63, 3.8) is 0 Å². The van der Waals surface area contributed by atoms with Crippen molar-refractivity contribution < 1.29 is 14.6 Å². The van der Waals surface area contributed by atoms with Crippen molar-refractivity contribution in [2.24, 2.45) is 11.3 Å². The van der Waals surface area contributed by atoms with Gasteiger partial charge in [0.1, 0.15) is 5.54 Å². The number of piperidine rings is 1. The molecule has 2 aliphatic heterocycles. The highest BCUT2D eigenvalue weighted by Crippen LogP contribution is 2.45. The van der Waals surface area contributed by atoms with E-state index in [4.69, 9.17) is 4.74 Å². The predicted octanol–water partition coefficient (Wildman–Crippen LogP) is 2.42. The van der Waals surface area contributed by atoms with Gasteiger partial charge >= 0.3 is 0 Å². The van der Waals surface area contributed by atoms with Crippen LogP contribution in [0.15, 0.2) is 0 Å². The van der Waals surface area contributed by atoms with Gasteiger partial charge in [-0.3, -0.25) is 9.69 Å². The van der Waals surface area contributed by atoms with Gasteiger partial charge in [0.25, 0.3) is 0 Å². The molecule has 0 spiro atoms. The van der Waals surface area contributed by atoms with Gasteiger partial charge in [-0.15, -0.1) is 0 Å². The number of nitrogens with zero attached hydrogens (tertiary/aromatic N) is 2. The van der Waals surface area contributed by atoms with Gasteiger partial charge in [0.2, 0.25) is 5.91 Å². The third-order valence-corrected chi connectivity index (χ3v) is 7.40. The Balaban J connectivity index is 1.52. The van der Waals surface area contributed by atoms with Crippen LogP contribution in [0.5, 0.6) is 0 Å². The molecule has 4 fully saturated rings. The first-order valence-corrected chi connectivity index (χ1v) is 10.9. The smallest absolute Gasteiger partial charge is 0.243 e. The third-order valence-electron chi connectivity index (χ3n) is 7.40. The van der Waals surface area contributed by atoms with E-state index in [9.17, 15) is 9.90 Å². The number of aliphatic hydroxyl groups excluding tert-OH is 1. The first-order valence-electron chi connectivity index (χ1n) is 10.9. The molecule has 2 heterocycles. The maximum Gasteiger partial charge on any atom is 0.243 e. The van der Waals surface area contributed by atoms with E-state index in [0.717, 1.165) is 90.3 Å². The zero-order valence-corrected chi connectivity index (χ0v) is 16.3. The van der Waals surface area contributed by atoms with Gasteiger partial charge in [-0.05, 0) is 38.0 Å². The van der Waals surface area contributed by atoms with Gasteiger partial charge < -0.3 is 14.7 Å². The average molecular weight is 365 g/mol. The quantitative estimate of drug-likeness (QED) is 0.814. The van der Waals surface area contributed by atoms with E-state index in [0.29, 0.717) is 5.91 Å². The number of hydrogen-bond donors (Lipinski definition) is 1. The van der Waals surface area contributed by atoms with E-state index in [1.165, 1.54) is 19.3 Å². The van der Waals surface area contributed by atoms with Crippen molar-refractivity contribution in [2.75, 3.05) is 46.0 Å². The maximum atomic E-state index is 13.8. The first kappa shape index (κ1) is 18.7. The molecule has 5 nitrogen and oxygen atoms in total. The summed E-state index contributed by atoms with van der Waals surface area (Å²) in [6.45, 7) is 5.13. The zero-order valence-electron chi connectivity index (χ0n) is 16.3. The van der Waals surface area contributed by atoms with E-state index in [-0.39, 0.29) is 17.6 Å². The van der Waals surface area contributed by atoms with Crippen LogP contribution in [0.25, 0.3) is 0 Å². The molecular formula is C21H36N2O3. The van der Waals surface area contributed by atoms with E-state index >= 15 is 0 Å². The molecular weight excluding hydrogens is 328 g/mol. The summed E-state index contributed by atoms with van der Waals surface area (Å²) in [6, 6.07) is 0. The number of ether oxygens (including phenoxy) is 1. The number of likely N-dealkylation sites (tertiary alicyclic amines) is 1. The minimum atomic E-state index is -0.305. The van der Waals surface area contributed by atoms with Gasteiger partial charge in [0.05, 0.1) is 19.8 Å². The van der Waals surface area contributed by atoms with E-state index in [1.54, 1.807) is 0 Å². The van der Waals surface area contributed by atoms with Crippen molar-refractivity contribution in [3.8, 4) is 0 Å². The van der Waals surface area contributed by atoms with E-state index in [2.05, 4.69) is 9.80 Å². The second-order valence-electron chi connectivity index (χ2n) is 9.33. The number of carbonyl (C=O) groups excluding carboxylic acids is 1. The molecule has 4 rings (SSSR count). The highest BCUT2D eigenvalue weighted by Gasteiger charge is 2.49. The average Bonchev–Trinajstić information content (AvgIpc) is 3.52. The maximum absolute atomic E-state index is 13.8.